The van der Waals surface area contributed by atoms with Crippen LogP contribution in [0.25, 0.3) is 0 Å². The van der Waals surface area contributed by atoms with Gasteiger partial charge >= 0.3 is 12.1 Å². The van der Waals surface area contributed by atoms with Gasteiger partial charge in [-0.15, -0.1) is 0 Å². The molecule has 0 heterocycles. The van der Waals surface area contributed by atoms with Crippen LogP contribution in [0.15, 0.2) is 23.8 Å². The van der Waals surface area contributed by atoms with E-state index >= 15 is 8.78 Å². The molecular weight excluding hydrogens is 512 g/mol. The summed E-state index contributed by atoms with van der Waals surface area (Å²) in [5.74, 6) is -3.97. The summed E-state index contributed by atoms with van der Waals surface area (Å²) in [6.45, 7) is 9.68. The van der Waals surface area contributed by atoms with Crippen molar-refractivity contribution in [2.75, 3.05) is 13.2 Å². The van der Waals surface area contributed by atoms with Crippen LogP contribution in [0.5, 0.6) is 0 Å². The van der Waals surface area contributed by atoms with Crippen LogP contribution in [0.2, 0.25) is 0 Å². The summed E-state index contributed by atoms with van der Waals surface area (Å²) >= 11 is 0. The van der Waals surface area contributed by atoms with Gasteiger partial charge in [-0.2, -0.15) is 5.26 Å². The number of rotatable bonds is 4. The lowest BCUT2D eigenvalue weighted by atomic mass is 9.44. The SMILES string of the molecule is C[C@@H]1C[C@H]2[C@@H]3C[C@H](F)C4=CC(=O)C=C[C@]4(C)C3(F)[C@@H](O)C[C@]2(C)[C@]1(OC(=O)OCC(C)(C)C)C(=O)OCC#N. The Kier molecular flexibility index (Phi) is 7.03. The third-order valence-electron chi connectivity index (χ3n) is 9.61. The van der Waals surface area contributed by atoms with Gasteiger partial charge in [0.1, 0.15) is 12.2 Å². The van der Waals surface area contributed by atoms with E-state index < -0.39 is 82.1 Å². The van der Waals surface area contributed by atoms with Crippen molar-refractivity contribution < 1.29 is 42.5 Å². The fraction of sp³-hybridized carbons (Fsp3) is 0.724. The van der Waals surface area contributed by atoms with E-state index in [0.29, 0.717) is 0 Å². The molecule has 1 N–H and O–H groups in total. The predicted octanol–water partition coefficient (Wildman–Crippen LogP) is 4.56. The molecule has 3 saturated carbocycles. The molecule has 4 aliphatic rings. The van der Waals surface area contributed by atoms with Gasteiger partial charge in [-0.25, -0.2) is 18.4 Å². The molecule has 8 nitrogen and oxygen atoms in total. The molecule has 214 valence electrons. The van der Waals surface area contributed by atoms with Crippen LogP contribution in [0.3, 0.4) is 0 Å². The Labute approximate surface area is 227 Å². The van der Waals surface area contributed by atoms with E-state index in [1.165, 1.54) is 19.1 Å². The average Bonchev–Trinajstić information content (AvgIpc) is 3.06. The Morgan fingerprint density at radius 3 is 2.49 bits per heavy atom. The number of esters is 1. The van der Waals surface area contributed by atoms with E-state index in [1.807, 2.05) is 20.8 Å². The van der Waals surface area contributed by atoms with E-state index in [0.717, 1.165) is 6.08 Å². The Hall–Kier alpha value is -2.80. The van der Waals surface area contributed by atoms with Gasteiger partial charge in [0.25, 0.3) is 0 Å². The van der Waals surface area contributed by atoms with E-state index in [-0.39, 0.29) is 31.4 Å². The molecule has 1 unspecified atom stereocenters. The zero-order chi connectivity index (χ0) is 29.2. The van der Waals surface area contributed by atoms with Crippen molar-refractivity contribution in [3.8, 4) is 6.07 Å². The van der Waals surface area contributed by atoms with Gasteiger partial charge in [0.2, 0.25) is 5.60 Å². The molecule has 0 spiro atoms. The van der Waals surface area contributed by atoms with Gasteiger partial charge in [0.15, 0.2) is 18.1 Å². The number of ether oxygens (including phenoxy) is 3. The largest absolute Gasteiger partial charge is 0.509 e. The lowest BCUT2D eigenvalue weighted by molar-refractivity contribution is -0.233. The van der Waals surface area contributed by atoms with Crippen LogP contribution in [-0.4, -0.2) is 59.8 Å². The molecular formula is C29H37F2NO7. The fourth-order valence-corrected chi connectivity index (χ4v) is 7.86. The Morgan fingerprint density at radius 1 is 1.21 bits per heavy atom. The molecule has 0 amide bonds. The first-order valence-corrected chi connectivity index (χ1v) is 13.3. The van der Waals surface area contributed by atoms with Crippen molar-refractivity contribution in [3.05, 3.63) is 23.8 Å². The van der Waals surface area contributed by atoms with Crippen molar-refractivity contribution in [1.29, 1.82) is 5.26 Å². The first-order chi connectivity index (χ1) is 18.0. The number of carbonyl (C=O) groups excluding carboxylic acids is 3. The molecule has 0 aromatic carbocycles. The number of halogens is 2. The second-order valence-corrected chi connectivity index (χ2v) is 13.2. The first-order valence-electron chi connectivity index (χ1n) is 13.3. The van der Waals surface area contributed by atoms with Crippen LogP contribution in [0, 0.1) is 45.3 Å². The number of alkyl halides is 2. The molecule has 9 atom stereocenters. The van der Waals surface area contributed by atoms with Gasteiger partial charge in [-0.05, 0) is 55.2 Å². The van der Waals surface area contributed by atoms with Crippen LogP contribution < -0.4 is 0 Å². The number of hydrogen-bond donors (Lipinski definition) is 1. The minimum Gasteiger partial charge on any atom is -0.447 e. The number of aliphatic hydroxyl groups is 1. The molecule has 10 heteroatoms. The molecule has 0 radical (unpaired) electrons. The maximum absolute atomic E-state index is 17.4. The Bertz CT molecular complexity index is 1170. The highest BCUT2D eigenvalue weighted by molar-refractivity contribution is 6.01. The summed E-state index contributed by atoms with van der Waals surface area (Å²) in [6, 6.07) is 1.73. The number of hydrogen-bond acceptors (Lipinski definition) is 8. The topological polar surface area (TPSA) is 123 Å². The van der Waals surface area contributed by atoms with Gasteiger partial charge in [0.05, 0.1) is 12.7 Å². The zero-order valence-electron chi connectivity index (χ0n) is 23.3. The highest BCUT2D eigenvalue weighted by Gasteiger charge is 2.79. The van der Waals surface area contributed by atoms with E-state index in [9.17, 15) is 19.5 Å². The van der Waals surface area contributed by atoms with E-state index in [2.05, 4.69) is 0 Å². The Balaban J connectivity index is 1.80. The smallest absolute Gasteiger partial charge is 0.447 e. The number of nitrogens with zero attached hydrogens (tertiary/aromatic N) is 1. The third-order valence-corrected chi connectivity index (χ3v) is 9.61. The minimum absolute atomic E-state index is 0.00935. The number of fused-ring (bicyclic) bond motifs is 5. The molecule has 3 fully saturated rings. The van der Waals surface area contributed by atoms with Crippen molar-refractivity contribution in [2.45, 2.75) is 84.4 Å². The quantitative estimate of drug-likeness (QED) is 0.507. The molecule has 0 aromatic heterocycles. The fourth-order valence-electron chi connectivity index (χ4n) is 7.86. The van der Waals surface area contributed by atoms with Crippen LogP contribution in [0.4, 0.5) is 13.6 Å². The summed E-state index contributed by atoms with van der Waals surface area (Å²) in [7, 11) is 0. The average molecular weight is 550 g/mol. The standard InChI is InChI=1S/C29H37F2NO7/c1-16-11-18-19-13-21(30)20-12-17(33)7-8-26(20,5)28(19,31)22(34)14-27(18,6)29(16,23(35)37-10-9-32)39-24(36)38-15-25(2,3)4/h7-8,12,16,18-19,21-22,34H,10-11,13-15H2,1-6H3/t16-,18+,19+,21+,22+,26+,27+,28?,29-/m1/s1. The number of nitriles is 1. The minimum atomic E-state index is -2.36. The molecule has 0 bridgehead atoms. The summed E-state index contributed by atoms with van der Waals surface area (Å²) < 4.78 is 49.5. The maximum Gasteiger partial charge on any atom is 0.509 e. The molecule has 4 rings (SSSR count). The van der Waals surface area contributed by atoms with Crippen molar-refractivity contribution in [3.63, 3.8) is 0 Å². The maximum atomic E-state index is 17.4. The highest BCUT2D eigenvalue weighted by Crippen LogP contribution is 2.71. The van der Waals surface area contributed by atoms with Crippen molar-refractivity contribution >= 4 is 17.9 Å². The first kappa shape index (κ1) is 29.2. The lowest BCUT2D eigenvalue weighted by Crippen LogP contribution is -2.71. The summed E-state index contributed by atoms with van der Waals surface area (Å²) in [5.41, 5.74) is -7.76. The van der Waals surface area contributed by atoms with Gasteiger partial charge in [0, 0.05) is 22.7 Å². The van der Waals surface area contributed by atoms with Gasteiger partial charge in [-0.3, -0.25) is 4.79 Å². The molecule has 39 heavy (non-hydrogen) atoms. The predicted molar refractivity (Wildman–Crippen MR) is 134 cm³/mol. The molecule has 0 aliphatic heterocycles. The molecule has 4 aliphatic carbocycles. The number of aliphatic hydroxyl groups excluding tert-OH is 1. The summed E-state index contributed by atoms with van der Waals surface area (Å²) in [6.07, 6.45) is -1.32. The van der Waals surface area contributed by atoms with E-state index in [4.69, 9.17) is 19.5 Å². The zero-order valence-corrected chi connectivity index (χ0v) is 23.3. The van der Waals surface area contributed by atoms with Gasteiger partial charge < -0.3 is 19.3 Å². The van der Waals surface area contributed by atoms with Crippen molar-refractivity contribution in [1.82, 2.24) is 0 Å². The molecule has 0 aromatic rings. The number of allylic oxidation sites excluding steroid dienone is 4. The summed E-state index contributed by atoms with van der Waals surface area (Å²) in [4.78, 5) is 38.7. The summed E-state index contributed by atoms with van der Waals surface area (Å²) in [5, 5.41) is 20.6. The van der Waals surface area contributed by atoms with Crippen molar-refractivity contribution in [2.24, 2.45) is 34.0 Å². The third kappa shape index (κ3) is 4.11. The lowest BCUT2D eigenvalue weighted by Gasteiger charge is -2.62. The van der Waals surface area contributed by atoms with Crippen LogP contribution >= 0.6 is 0 Å². The number of carbonyl (C=O) groups is 3. The monoisotopic (exact) mass is 549 g/mol. The van der Waals surface area contributed by atoms with Gasteiger partial charge in [-0.1, -0.05) is 40.7 Å². The molecule has 0 saturated heterocycles. The Morgan fingerprint density at radius 2 is 1.87 bits per heavy atom. The van der Waals surface area contributed by atoms with Crippen LogP contribution in [-0.2, 0) is 23.8 Å². The highest BCUT2D eigenvalue weighted by atomic mass is 19.1. The second kappa shape index (κ2) is 9.39. The second-order valence-electron chi connectivity index (χ2n) is 13.2. The van der Waals surface area contributed by atoms with Crippen LogP contribution in [0.1, 0.15) is 60.8 Å². The normalized spacial score (nSPS) is 42.8. The number of ketones is 1. The van der Waals surface area contributed by atoms with E-state index in [1.54, 1.807) is 19.9 Å².